The second-order valence-corrected chi connectivity index (χ2v) is 4.72. The normalized spacial score (nSPS) is 10.3. The zero-order valence-corrected chi connectivity index (χ0v) is 11.5. The van der Waals surface area contributed by atoms with Gasteiger partial charge in [-0.25, -0.2) is 0 Å². The lowest BCUT2D eigenvalue weighted by atomic mass is 10.1. The van der Waals surface area contributed by atoms with Crippen LogP contribution in [0, 0.1) is 17.0 Å². The Bertz CT molecular complexity index is 659. The van der Waals surface area contributed by atoms with Crippen molar-refractivity contribution in [3.8, 4) is 5.75 Å². The van der Waals surface area contributed by atoms with Crippen LogP contribution in [0.1, 0.15) is 11.1 Å². The van der Waals surface area contributed by atoms with Crippen LogP contribution in [-0.4, -0.2) is 10.0 Å². The molecule has 0 unspecified atom stereocenters. The smallest absolute Gasteiger partial charge is 0.274 e. The van der Waals surface area contributed by atoms with Crippen LogP contribution in [0.3, 0.4) is 0 Å². The summed E-state index contributed by atoms with van der Waals surface area (Å²) in [7, 11) is 0. The zero-order chi connectivity index (χ0) is 14.7. The van der Waals surface area contributed by atoms with Gasteiger partial charge in [-0.3, -0.25) is 10.1 Å². The standard InChI is InChI=1S/C14H13ClN2O3/c1-9-12(6-3-7-13(9)17(19)20)16-8-10-4-2-5-11(15)14(10)18/h2-7,16,18H,8H2,1H3. The minimum Gasteiger partial charge on any atom is -0.506 e. The van der Waals surface area contributed by atoms with Crippen molar-refractivity contribution in [2.45, 2.75) is 13.5 Å². The molecule has 6 heteroatoms. The van der Waals surface area contributed by atoms with Gasteiger partial charge in [0.2, 0.25) is 0 Å². The molecule has 0 aromatic heterocycles. The van der Waals surface area contributed by atoms with E-state index in [4.69, 9.17) is 11.6 Å². The highest BCUT2D eigenvalue weighted by atomic mass is 35.5. The molecule has 0 bridgehead atoms. The van der Waals surface area contributed by atoms with E-state index in [1.807, 2.05) is 0 Å². The number of benzene rings is 2. The molecule has 0 saturated carbocycles. The molecule has 5 nitrogen and oxygen atoms in total. The number of nitrogens with one attached hydrogen (secondary N) is 1. The predicted octanol–water partition coefficient (Wildman–Crippen LogP) is 3.87. The van der Waals surface area contributed by atoms with Gasteiger partial charge in [0.1, 0.15) is 5.75 Å². The van der Waals surface area contributed by atoms with Crippen molar-refractivity contribution in [3.63, 3.8) is 0 Å². The number of hydrogen-bond donors (Lipinski definition) is 2. The summed E-state index contributed by atoms with van der Waals surface area (Å²) in [5.74, 6) is 0.0183. The van der Waals surface area contributed by atoms with E-state index in [1.165, 1.54) is 6.07 Å². The Hall–Kier alpha value is -2.27. The molecule has 0 amide bonds. The number of nitro groups is 1. The Morgan fingerprint density at radius 3 is 2.70 bits per heavy atom. The lowest BCUT2D eigenvalue weighted by Gasteiger charge is -2.11. The van der Waals surface area contributed by atoms with Gasteiger partial charge in [0.25, 0.3) is 5.69 Å². The fraction of sp³-hybridized carbons (Fsp3) is 0.143. The van der Waals surface area contributed by atoms with Crippen LogP contribution >= 0.6 is 11.6 Å². The summed E-state index contributed by atoms with van der Waals surface area (Å²) in [6.07, 6.45) is 0. The molecule has 0 spiro atoms. The van der Waals surface area contributed by atoms with E-state index < -0.39 is 4.92 Å². The lowest BCUT2D eigenvalue weighted by Crippen LogP contribution is -2.03. The SMILES string of the molecule is Cc1c(NCc2cccc(Cl)c2O)cccc1[N+](=O)[O-]. The topological polar surface area (TPSA) is 75.4 Å². The summed E-state index contributed by atoms with van der Waals surface area (Å²) >= 11 is 5.83. The first-order valence-electron chi connectivity index (χ1n) is 5.95. The minimum absolute atomic E-state index is 0.0183. The highest BCUT2D eigenvalue weighted by molar-refractivity contribution is 6.32. The maximum absolute atomic E-state index is 10.9. The van der Waals surface area contributed by atoms with Crippen molar-refractivity contribution < 1.29 is 10.0 Å². The van der Waals surface area contributed by atoms with E-state index in [9.17, 15) is 15.2 Å². The third-order valence-corrected chi connectivity index (χ3v) is 3.35. The number of halogens is 1. The van der Waals surface area contributed by atoms with Crippen molar-refractivity contribution >= 4 is 23.0 Å². The summed E-state index contributed by atoms with van der Waals surface area (Å²) in [6, 6.07) is 9.89. The van der Waals surface area contributed by atoms with Crippen LogP contribution in [0.5, 0.6) is 5.75 Å². The van der Waals surface area contributed by atoms with Gasteiger partial charge in [-0.1, -0.05) is 29.8 Å². The highest BCUT2D eigenvalue weighted by Gasteiger charge is 2.13. The van der Waals surface area contributed by atoms with Gasteiger partial charge in [0.15, 0.2) is 0 Å². The fourth-order valence-corrected chi connectivity index (χ4v) is 2.10. The molecule has 2 aromatic carbocycles. The summed E-state index contributed by atoms with van der Waals surface area (Å²) in [5.41, 5.74) is 1.89. The molecule has 0 heterocycles. The largest absolute Gasteiger partial charge is 0.506 e. The summed E-state index contributed by atoms with van der Waals surface area (Å²) in [4.78, 5) is 10.4. The molecule has 2 rings (SSSR count). The number of nitro benzene ring substituents is 1. The molecular weight excluding hydrogens is 280 g/mol. The van der Waals surface area contributed by atoms with E-state index in [0.29, 0.717) is 23.4 Å². The summed E-state index contributed by atoms with van der Waals surface area (Å²) in [6.45, 7) is 2.01. The van der Waals surface area contributed by atoms with Crippen LogP contribution in [-0.2, 0) is 6.54 Å². The molecule has 0 radical (unpaired) electrons. The van der Waals surface area contributed by atoms with Gasteiger partial charge in [0.05, 0.1) is 9.95 Å². The molecule has 0 saturated heterocycles. The average molecular weight is 293 g/mol. The van der Waals surface area contributed by atoms with E-state index in [1.54, 1.807) is 37.3 Å². The first kappa shape index (κ1) is 14.1. The Kier molecular flexibility index (Phi) is 4.10. The van der Waals surface area contributed by atoms with Crippen molar-refractivity contribution in [1.82, 2.24) is 0 Å². The molecule has 0 aliphatic carbocycles. The number of phenols is 1. The number of aromatic hydroxyl groups is 1. The molecule has 104 valence electrons. The monoisotopic (exact) mass is 292 g/mol. The molecule has 0 aliphatic heterocycles. The number of para-hydroxylation sites is 1. The van der Waals surface area contributed by atoms with Crippen molar-refractivity contribution in [1.29, 1.82) is 0 Å². The summed E-state index contributed by atoms with van der Waals surface area (Å²) in [5, 5.41) is 24.0. The molecule has 2 aromatic rings. The van der Waals surface area contributed by atoms with E-state index in [0.717, 1.165) is 0 Å². The summed E-state index contributed by atoms with van der Waals surface area (Å²) < 4.78 is 0. The average Bonchev–Trinajstić information content (AvgIpc) is 2.41. The molecule has 0 aliphatic rings. The number of phenolic OH excluding ortho intramolecular Hbond substituents is 1. The van der Waals surface area contributed by atoms with Crippen LogP contribution in [0.25, 0.3) is 0 Å². The quantitative estimate of drug-likeness (QED) is 0.662. The molecule has 0 atom stereocenters. The Morgan fingerprint density at radius 2 is 2.00 bits per heavy atom. The van der Waals surface area contributed by atoms with E-state index in [2.05, 4.69) is 5.32 Å². The zero-order valence-electron chi connectivity index (χ0n) is 10.8. The van der Waals surface area contributed by atoms with Crippen molar-refractivity contribution in [2.75, 3.05) is 5.32 Å². The molecule has 20 heavy (non-hydrogen) atoms. The van der Waals surface area contributed by atoms with Crippen LogP contribution in [0.2, 0.25) is 5.02 Å². The van der Waals surface area contributed by atoms with Gasteiger partial charge in [-0.05, 0) is 19.1 Å². The molecule has 2 N–H and O–H groups in total. The highest BCUT2D eigenvalue weighted by Crippen LogP contribution is 2.29. The van der Waals surface area contributed by atoms with Crippen LogP contribution in [0.4, 0.5) is 11.4 Å². The number of nitrogens with zero attached hydrogens (tertiary/aromatic N) is 1. The fourth-order valence-electron chi connectivity index (χ4n) is 1.91. The second-order valence-electron chi connectivity index (χ2n) is 4.31. The molecule has 0 fully saturated rings. The first-order valence-corrected chi connectivity index (χ1v) is 6.32. The van der Waals surface area contributed by atoms with Crippen molar-refractivity contribution in [2.24, 2.45) is 0 Å². The maximum atomic E-state index is 10.9. The predicted molar refractivity (Wildman–Crippen MR) is 78.3 cm³/mol. The molecular formula is C14H13ClN2O3. The third-order valence-electron chi connectivity index (χ3n) is 3.04. The van der Waals surface area contributed by atoms with Gasteiger partial charge < -0.3 is 10.4 Å². The van der Waals surface area contributed by atoms with Crippen LogP contribution < -0.4 is 5.32 Å². The first-order chi connectivity index (χ1) is 9.50. The minimum atomic E-state index is -0.419. The van der Waals surface area contributed by atoms with E-state index in [-0.39, 0.29) is 16.5 Å². The van der Waals surface area contributed by atoms with E-state index >= 15 is 0 Å². The Labute approximate surface area is 121 Å². The number of hydrogen-bond acceptors (Lipinski definition) is 4. The van der Waals surface area contributed by atoms with Gasteiger partial charge >= 0.3 is 0 Å². The number of anilines is 1. The van der Waals surface area contributed by atoms with Gasteiger partial charge in [-0.15, -0.1) is 0 Å². The van der Waals surface area contributed by atoms with Crippen LogP contribution in [0.15, 0.2) is 36.4 Å². The Balaban J connectivity index is 2.21. The Morgan fingerprint density at radius 1 is 1.30 bits per heavy atom. The van der Waals surface area contributed by atoms with Gasteiger partial charge in [0, 0.05) is 29.4 Å². The lowest BCUT2D eigenvalue weighted by molar-refractivity contribution is -0.385. The number of rotatable bonds is 4. The van der Waals surface area contributed by atoms with Gasteiger partial charge in [-0.2, -0.15) is 0 Å². The second kappa shape index (κ2) is 5.79. The maximum Gasteiger partial charge on any atom is 0.274 e. The third kappa shape index (κ3) is 2.83. The van der Waals surface area contributed by atoms with Crippen molar-refractivity contribution in [3.05, 3.63) is 62.7 Å².